The first-order valence-corrected chi connectivity index (χ1v) is 20.2. The van der Waals surface area contributed by atoms with E-state index in [2.05, 4.69) is 0 Å². The van der Waals surface area contributed by atoms with Crippen LogP contribution in [0.25, 0.3) is 0 Å². The van der Waals surface area contributed by atoms with Gasteiger partial charge in [-0.2, -0.15) is 12.7 Å². The van der Waals surface area contributed by atoms with Crippen molar-refractivity contribution in [3.05, 3.63) is 82.4 Å². The summed E-state index contributed by atoms with van der Waals surface area (Å²) in [5.41, 5.74) is -0.424. The standard InChI is InChI=1S/C38H50N4O10S2/c1-22-29-28(23(2)43)33(44)42(29)30(34(45)50-31(24-15-11-9-12-16-24)25-17-13-10-14-18-25)32(22)53-27-19-26(40(21-27)35(46)51-37(3,4)5)20-41(54(39,48)49)36(47)52-38(6,7)8/h9-18,22-23,26-29,31,43H,19-21H2,1-8H3,(H2,39,48,49)/t22-,23-,26-,27+,28-,29-/m1/s1. The number of nitrogens with zero attached hydrogens (tertiary/aromatic N) is 3. The van der Waals surface area contributed by atoms with Gasteiger partial charge in [-0.3, -0.25) is 4.79 Å². The first-order valence-electron chi connectivity index (χ1n) is 17.8. The minimum absolute atomic E-state index is 0.0463. The second-order valence-corrected chi connectivity index (χ2v) is 18.7. The van der Waals surface area contributed by atoms with Crippen molar-refractivity contribution < 1.29 is 46.9 Å². The Labute approximate surface area is 321 Å². The van der Waals surface area contributed by atoms with Crippen LogP contribution in [0.3, 0.4) is 0 Å². The fourth-order valence-corrected chi connectivity index (χ4v) is 9.24. The van der Waals surface area contributed by atoms with Crippen LogP contribution in [0.1, 0.15) is 79.0 Å². The van der Waals surface area contributed by atoms with E-state index in [1.807, 2.05) is 67.6 Å². The molecule has 2 aromatic carbocycles. The Kier molecular flexibility index (Phi) is 11.8. The lowest BCUT2D eigenvalue weighted by atomic mass is 9.79. The number of esters is 1. The Bertz CT molecular complexity index is 1840. The fraction of sp³-hybridized carbons (Fsp3) is 0.526. The molecule has 294 valence electrons. The fourth-order valence-electron chi connectivity index (χ4n) is 7.06. The topological polar surface area (TPSA) is 186 Å². The Hall–Kier alpha value is -4.12. The van der Waals surface area contributed by atoms with Gasteiger partial charge in [-0.1, -0.05) is 67.6 Å². The number of fused-ring (bicyclic) bond motifs is 1. The minimum Gasteiger partial charge on any atom is -0.448 e. The molecule has 0 radical (unpaired) electrons. The third-order valence-corrected chi connectivity index (χ3v) is 11.7. The van der Waals surface area contributed by atoms with E-state index >= 15 is 0 Å². The number of ether oxygens (including phenoxy) is 3. The van der Waals surface area contributed by atoms with Gasteiger partial charge in [-0.15, -0.1) is 11.8 Å². The lowest BCUT2D eigenvalue weighted by Crippen LogP contribution is -2.63. The number of benzene rings is 2. The van der Waals surface area contributed by atoms with Crippen molar-refractivity contribution in [1.29, 1.82) is 0 Å². The Balaban J connectivity index is 1.51. The third-order valence-electron chi connectivity index (χ3n) is 9.31. The minimum atomic E-state index is -4.63. The molecule has 2 saturated heterocycles. The first-order chi connectivity index (χ1) is 25.1. The van der Waals surface area contributed by atoms with Gasteiger partial charge in [0, 0.05) is 22.6 Å². The van der Waals surface area contributed by atoms with Crippen LogP contribution in [0.2, 0.25) is 0 Å². The molecule has 14 nitrogen and oxygen atoms in total. The number of rotatable bonds is 10. The summed E-state index contributed by atoms with van der Waals surface area (Å²) in [5, 5.41) is 15.6. The van der Waals surface area contributed by atoms with Crippen LogP contribution in [0.4, 0.5) is 9.59 Å². The molecule has 0 aliphatic carbocycles. The zero-order valence-electron chi connectivity index (χ0n) is 31.8. The molecule has 0 unspecified atom stereocenters. The summed E-state index contributed by atoms with van der Waals surface area (Å²) in [5.74, 6) is -2.28. The van der Waals surface area contributed by atoms with E-state index in [1.165, 1.54) is 21.6 Å². The number of hydrogen-bond donors (Lipinski definition) is 2. The molecule has 3 N–H and O–H groups in total. The van der Waals surface area contributed by atoms with Gasteiger partial charge in [-0.05, 0) is 66.0 Å². The summed E-state index contributed by atoms with van der Waals surface area (Å²) in [6.07, 6.45) is -3.54. The summed E-state index contributed by atoms with van der Waals surface area (Å²) in [4.78, 5) is 58.0. The van der Waals surface area contributed by atoms with Crippen LogP contribution in [-0.2, 0) is 34.0 Å². The van der Waals surface area contributed by atoms with Gasteiger partial charge >= 0.3 is 28.4 Å². The highest BCUT2D eigenvalue weighted by Gasteiger charge is 2.61. The molecule has 54 heavy (non-hydrogen) atoms. The molecule has 2 aromatic rings. The molecule has 16 heteroatoms. The van der Waals surface area contributed by atoms with Crippen LogP contribution in [-0.4, -0.2) is 99.4 Å². The number of thioether (sulfide) groups is 1. The molecule has 0 bridgehead atoms. The van der Waals surface area contributed by atoms with Crippen molar-refractivity contribution in [3.63, 3.8) is 0 Å². The SMILES string of the molecule is C[C@@H](O)[C@H]1C(=O)N2C(C(=O)OC(c3ccccc3)c3ccccc3)=C(S[C@H]3C[C@H](CN(C(=O)OC(C)(C)C)S(N)(=O)=O)N(C(=O)OC(C)(C)C)C3)[C@H](C)[C@H]12. The third kappa shape index (κ3) is 9.04. The molecular formula is C38H50N4O10S2. The molecule has 0 aromatic heterocycles. The van der Waals surface area contributed by atoms with Crippen molar-refractivity contribution in [2.75, 3.05) is 13.1 Å². The van der Waals surface area contributed by atoms with Crippen LogP contribution in [0.15, 0.2) is 71.3 Å². The zero-order valence-corrected chi connectivity index (χ0v) is 33.4. The molecule has 2 fully saturated rings. The molecule has 6 atom stereocenters. The maximum atomic E-state index is 14.4. The van der Waals surface area contributed by atoms with Crippen molar-refractivity contribution in [2.45, 2.75) is 103 Å². The van der Waals surface area contributed by atoms with Crippen LogP contribution >= 0.6 is 11.8 Å². The Morgan fingerprint density at radius 1 is 0.963 bits per heavy atom. The molecule has 0 saturated carbocycles. The van der Waals surface area contributed by atoms with E-state index in [9.17, 15) is 32.7 Å². The van der Waals surface area contributed by atoms with Crippen LogP contribution < -0.4 is 5.14 Å². The van der Waals surface area contributed by atoms with Crippen molar-refractivity contribution >= 4 is 46.0 Å². The van der Waals surface area contributed by atoms with Crippen molar-refractivity contribution in [3.8, 4) is 0 Å². The quantitative estimate of drug-likeness (QED) is 0.189. The predicted octanol–water partition coefficient (Wildman–Crippen LogP) is 4.94. The Morgan fingerprint density at radius 2 is 1.50 bits per heavy atom. The summed E-state index contributed by atoms with van der Waals surface area (Å²) in [6.45, 7) is 12.8. The number of carbonyl (C=O) groups is 4. The van der Waals surface area contributed by atoms with Gasteiger partial charge in [0.05, 0.1) is 30.7 Å². The highest BCUT2D eigenvalue weighted by atomic mass is 32.2. The second-order valence-electron chi connectivity index (χ2n) is 15.9. The van der Waals surface area contributed by atoms with E-state index in [4.69, 9.17) is 19.3 Å². The number of aliphatic hydroxyl groups excluding tert-OH is 1. The number of carbonyl (C=O) groups excluding carboxylic acids is 4. The average molecular weight is 787 g/mol. The highest BCUT2D eigenvalue weighted by molar-refractivity contribution is 8.03. The zero-order chi connectivity index (χ0) is 39.9. The molecule has 5 rings (SSSR count). The van der Waals surface area contributed by atoms with Crippen LogP contribution in [0, 0.1) is 11.8 Å². The summed E-state index contributed by atoms with van der Waals surface area (Å²) < 4.78 is 43.1. The predicted molar refractivity (Wildman–Crippen MR) is 202 cm³/mol. The lowest BCUT2D eigenvalue weighted by Gasteiger charge is -2.46. The normalized spacial score (nSPS) is 23.5. The summed E-state index contributed by atoms with van der Waals surface area (Å²) in [6, 6.07) is 17.1. The number of amides is 3. The maximum Gasteiger partial charge on any atom is 0.425 e. The smallest absolute Gasteiger partial charge is 0.425 e. The van der Waals surface area contributed by atoms with E-state index in [0.29, 0.717) is 9.21 Å². The number of likely N-dealkylation sites (tertiary alicyclic amines) is 1. The maximum absolute atomic E-state index is 14.4. The number of β-lactam (4-membered cyclic amide) rings is 1. The van der Waals surface area contributed by atoms with E-state index in [0.717, 1.165) is 11.1 Å². The number of aliphatic hydroxyl groups is 1. The summed E-state index contributed by atoms with van der Waals surface area (Å²) in [7, 11) is -4.63. The van der Waals surface area contributed by atoms with Gasteiger partial charge in [-0.25, -0.2) is 19.5 Å². The van der Waals surface area contributed by atoms with Gasteiger partial charge in [0.25, 0.3) is 0 Å². The largest absolute Gasteiger partial charge is 0.448 e. The van der Waals surface area contributed by atoms with Crippen LogP contribution in [0.5, 0.6) is 0 Å². The highest BCUT2D eigenvalue weighted by Crippen LogP contribution is 2.53. The van der Waals surface area contributed by atoms with Gasteiger partial charge < -0.3 is 29.1 Å². The van der Waals surface area contributed by atoms with Crippen molar-refractivity contribution in [1.82, 2.24) is 14.1 Å². The summed E-state index contributed by atoms with van der Waals surface area (Å²) >= 11 is 1.28. The number of hydrogen-bond acceptors (Lipinski definition) is 11. The Morgan fingerprint density at radius 3 is 1.98 bits per heavy atom. The first kappa shape index (κ1) is 41.1. The molecule has 3 aliphatic rings. The monoisotopic (exact) mass is 786 g/mol. The van der Waals surface area contributed by atoms with Crippen molar-refractivity contribution in [2.24, 2.45) is 17.0 Å². The van der Waals surface area contributed by atoms with Gasteiger partial charge in [0.2, 0.25) is 5.91 Å². The second kappa shape index (κ2) is 15.6. The average Bonchev–Trinajstić information content (AvgIpc) is 3.57. The lowest BCUT2D eigenvalue weighted by molar-refractivity contribution is -0.165. The van der Waals surface area contributed by atoms with E-state index in [1.54, 1.807) is 48.5 Å². The van der Waals surface area contributed by atoms with E-state index < -0.39 is 93.4 Å². The molecule has 3 amide bonds. The molecule has 3 aliphatic heterocycles. The van der Waals surface area contributed by atoms with Gasteiger partial charge in [0.1, 0.15) is 16.9 Å². The molecule has 3 heterocycles. The molecule has 0 spiro atoms. The molecular weight excluding hydrogens is 737 g/mol. The van der Waals surface area contributed by atoms with E-state index in [-0.39, 0.29) is 18.7 Å². The number of nitrogens with two attached hydrogens (primary N) is 1. The van der Waals surface area contributed by atoms with Gasteiger partial charge in [0.15, 0.2) is 6.10 Å².